The molecule has 3 nitrogen and oxygen atoms in total. The van der Waals surface area contributed by atoms with Crippen molar-refractivity contribution in [3.8, 4) is 0 Å². The number of carbonyl (C=O) groups excluding carboxylic acids is 2. The number of halogens is 1. The number of unbranched alkanes of at least 4 members (excludes halogenated alkanes) is 3. The first-order valence-corrected chi connectivity index (χ1v) is 5.47. The van der Waals surface area contributed by atoms with E-state index in [1.54, 1.807) is 0 Å². The third-order valence-corrected chi connectivity index (χ3v) is 2.05. The van der Waals surface area contributed by atoms with E-state index in [9.17, 15) is 9.59 Å². The van der Waals surface area contributed by atoms with E-state index in [-0.39, 0.29) is 18.1 Å². The van der Waals surface area contributed by atoms with Crippen LogP contribution >= 0.6 is 11.6 Å². The van der Waals surface area contributed by atoms with E-state index in [0.29, 0.717) is 6.61 Å². The number of Topliss-reactive ketones (excluding diaryl/α,β-unsaturated/α-hetero) is 1. The van der Waals surface area contributed by atoms with Gasteiger partial charge in [-0.1, -0.05) is 26.2 Å². The Labute approximate surface area is 89.8 Å². The fraction of sp³-hybridized carbons (Fsp3) is 0.800. The van der Waals surface area contributed by atoms with Gasteiger partial charge in [-0.15, -0.1) is 11.6 Å². The topological polar surface area (TPSA) is 43.4 Å². The average molecular weight is 221 g/mol. The van der Waals surface area contributed by atoms with E-state index < -0.39 is 5.97 Å². The molecule has 0 aromatic heterocycles. The van der Waals surface area contributed by atoms with E-state index >= 15 is 0 Å². The number of hydrogen-bond acceptors (Lipinski definition) is 3. The van der Waals surface area contributed by atoms with Crippen LogP contribution in [0.25, 0.3) is 0 Å². The van der Waals surface area contributed by atoms with Crippen LogP contribution in [0.15, 0.2) is 0 Å². The molecule has 0 aliphatic carbocycles. The minimum absolute atomic E-state index is 0.120. The zero-order valence-corrected chi connectivity index (χ0v) is 9.31. The Morgan fingerprint density at radius 1 is 1.21 bits per heavy atom. The summed E-state index contributed by atoms with van der Waals surface area (Å²) in [4.78, 5) is 21.7. The van der Waals surface area contributed by atoms with Crippen LogP contribution in [0.5, 0.6) is 0 Å². The summed E-state index contributed by atoms with van der Waals surface area (Å²) in [5.41, 5.74) is 0. The molecule has 0 aliphatic rings. The lowest BCUT2D eigenvalue weighted by Crippen LogP contribution is -2.12. The van der Waals surface area contributed by atoms with Gasteiger partial charge in [0, 0.05) is 0 Å². The predicted molar refractivity (Wildman–Crippen MR) is 55.4 cm³/mol. The van der Waals surface area contributed by atoms with Crippen molar-refractivity contribution >= 4 is 23.4 Å². The Morgan fingerprint density at radius 2 is 1.93 bits per heavy atom. The highest BCUT2D eigenvalue weighted by Crippen LogP contribution is 2.00. The molecule has 0 aromatic carbocycles. The first kappa shape index (κ1) is 13.4. The summed E-state index contributed by atoms with van der Waals surface area (Å²) in [6.07, 6.45) is 4.04. The largest absolute Gasteiger partial charge is 0.465 e. The van der Waals surface area contributed by atoms with Crippen LogP contribution in [0.4, 0.5) is 0 Å². The second kappa shape index (κ2) is 9.00. The monoisotopic (exact) mass is 220 g/mol. The molecule has 0 aliphatic heterocycles. The van der Waals surface area contributed by atoms with Crippen molar-refractivity contribution in [1.82, 2.24) is 0 Å². The molecular formula is C10H17ClO3. The maximum atomic E-state index is 10.9. The van der Waals surface area contributed by atoms with Gasteiger partial charge in [-0.3, -0.25) is 9.59 Å². The molecule has 0 saturated carbocycles. The van der Waals surface area contributed by atoms with Gasteiger partial charge in [0.15, 0.2) is 5.78 Å². The molecule has 0 heterocycles. The number of ether oxygens (including phenoxy) is 1. The molecule has 0 saturated heterocycles. The van der Waals surface area contributed by atoms with Crippen LogP contribution in [0.1, 0.15) is 39.0 Å². The average Bonchev–Trinajstić information content (AvgIpc) is 2.17. The third-order valence-electron chi connectivity index (χ3n) is 1.75. The van der Waals surface area contributed by atoms with Crippen molar-refractivity contribution in [3.05, 3.63) is 0 Å². The highest BCUT2D eigenvalue weighted by atomic mass is 35.5. The number of hydrogen-bond donors (Lipinski definition) is 0. The van der Waals surface area contributed by atoms with Crippen LogP contribution in [0, 0.1) is 0 Å². The van der Waals surface area contributed by atoms with Gasteiger partial charge in [-0.2, -0.15) is 0 Å². The molecule has 0 N–H and O–H groups in total. The summed E-state index contributed by atoms with van der Waals surface area (Å²) in [6, 6.07) is 0. The first-order chi connectivity index (χ1) is 6.70. The summed E-state index contributed by atoms with van der Waals surface area (Å²) in [6.45, 7) is 2.53. The SMILES string of the molecule is CCCCCCOC(=O)CC(=O)CCl. The maximum Gasteiger partial charge on any atom is 0.313 e. The van der Waals surface area contributed by atoms with E-state index in [2.05, 4.69) is 6.92 Å². The molecule has 4 heteroatoms. The second-order valence-electron chi connectivity index (χ2n) is 3.13. The second-order valence-corrected chi connectivity index (χ2v) is 3.40. The number of esters is 1. The van der Waals surface area contributed by atoms with Crippen molar-refractivity contribution in [3.63, 3.8) is 0 Å². The van der Waals surface area contributed by atoms with Crippen molar-refractivity contribution in [2.45, 2.75) is 39.0 Å². The summed E-state index contributed by atoms with van der Waals surface area (Å²) in [5.74, 6) is -0.873. The van der Waals surface area contributed by atoms with Gasteiger partial charge in [0.1, 0.15) is 6.42 Å². The molecule has 14 heavy (non-hydrogen) atoms. The first-order valence-electron chi connectivity index (χ1n) is 4.94. The van der Waals surface area contributed by atoms with Gasteiger partial charge in [-0.25, -0.2) is 0 Å². The van der Waals surface area contributed by atoms with Crippen LogP contribution < -0.4 is 0 Å². The lowest BCUT2D eigenvalue weighted by atomic mass is 10.2. The van der Waals surface area contributed by atoms with Gasteiger partial charge in [0.25, 0.3) is 0 Å². The van der Waals surface area contributed by atoms with Crippen LogP contribution in [-0.2, 0) is 14.3 Å². The van der Waals surface area contributed by atoms with E-state index in [1.165, 1.54) is 0 Å². The fourth-order valence-corrected chi connectivity index (χ4v) is 1.07. The summed E-state index contributed by atoms with van der Waals surface area (Å²) in [7, 11) is 0. The standard InChI is InChI=1S/C10H17ClO3/c1-2-3-4-5-6-14-10(13)7-9(12)8-11/h2-8H2,1H3. The van der Waals surface area contributed by atoms with Crippen molar-refractivity contribution < 1.29 is 14.3 Å². The minimum atomic E-state index is -0.466. The molecule has 0 amide bonds. The van der Waals surface area contributed by atoms with Gasteiger partial charge in [0.05, 0.1) is 12.5 Å². The van der Waals surface area contributed by atoms with Gasteiger partial charge < -0.3 is 4.74 Å². The molecule has 0 bridgehead atoms. The van der Waals surface area contributed by atoms with E-state index in [0.717, 1.165) is 25.7 Å². The maximum absolute atomic E-state index is 10.9. The molecule has 0 rings (SSSR count). The molecule has 0 fully saturated rings. The van der Waals surface area contributed by atoms with Gasteiger partial charge >= 0.3 is 5.97 Å². The van der Waals surface area contributed by atoms with Crippen molar-refractivity contribution in [1.29, 1.82) is 0 Å². The molecule has 0 spiro atoms. The molecule has 0 radical (unpaired) electrons. The molecule has 0 atom stereocenters. The highest BCUT2D eigenvalue weighted by molar-refractivity contribution is 6.28. The van der Waals surface area contributed by atoms with Crippen LogP contribution in [-0.4, -0.2) is 24.2 Å². The lowest BCUT2D eigenvalue weighted by Gasteiger charge is -2.02. The Balaban J connectivity index is 3.31. The fourth-order valence-electron chi connectivity index (χ4n) is 0.974. The Kier molecular flexibility index (Phi) is 8.64. The van der Waals surface area contributed by atoms with Crippen molar-refractivity contribution in [2.24, 2.45) is 0 Å². The van der Waals surface area contributed by atoms with Crippen LogP contribution in [0.2, 0.25) is 0 Å². The quantitative estimate of drug-likeness (QED) is 0.273. The smallest absolute Gasteiger partial charge is 0.313 e. The van der Waals surface area contributed by atoms with Gasteiger partial charge in [0.2, 0.25) is 0 Å². The van der Waals surface area contributed by atoms with Gasteiger partial charge in [-0.05, 0) is 6.42 Å². The van der Waals surface area contributed by atoms with Crippen LogP contribution in [0.3, 0.4) is 0 Å². The van der Waals surface area contributed by atoms with E-state index in [4.69, 9.17) is 16.3 Å². The summed E-state index contributed by atoms with van der Waals surface area (Å²) in [5, 5.41) is 0. The Hall–Kier alpha value is -0.570. The number of rotatable bonds is 8. The van der Waals surface area contributed by atoms with E-state index in [1.807, 2.05) is 0 Å². The molecular weight excluding hydrogens is 204 g/mol. The molecule has 0 unspecified atom stereocenters. The van der Waals surface area contributed by atoms with Crippen molar-refractivity contribution in [2.75, 3.05) is 12.5 Å². The molecule has 0 aromatic rings. The Bertz CT molecular complexity index is 180. The zero-order valence-electron chi connectivity index (χ0n) is 8.55. The highest BCUT2D eigenvalue weighted by Gasteiger charge is 2.08. The lowest BCUT2D eigenvalue weighted by molar-refractivity contribution is -0.145. The summed E-state index contributed by atoms with van der Waals surface area (Å²) >= 11 is 5.24. The number of ketones is 1. The normalized spacial score (nSPS) is 9.86. The number of carbonyl (C=O) groups is 2. The minimum Gasteiger partial charge on any atom is -0.465 e. The number of alkyl halides is 1. The molecule has 82 valence electrons. The summed E-state index contributed by atoms with van der Waals surface area (Å²) < 4.78 is 4.84. The zero-order chi connectivity index (χ0) is 10.8. The predicted octanol–water partition coefficient (Wildman–Crippen LogP) is 2.31. The Morgan fingerprint density at radius 3 is 2.50 bits per heavy atom. The third kappa shape index (κ3) is 8.05.